The molecule has 3 aromatic rings. The quantitative estimate of drug-likeness (QED) is 0.125. The van der Waals surface area contributed by atoms with Crippen molar-refractivity contribution in [2.75, 3.05) is 33.4 Å². The number of nitrogens with one attached hydrogen (secondary N) is 1. The molecule has 6 N–H and O–H groups in total. The summed E-state index contributed by atoms with van der Waals surface area (Å²) in [6.45, 7) is -0.822. The number of amides is 2. The van der Waals surface area contributed by atoms with Crippen molar-refractivity contribution >= 4 is 23.9 Å². The van der Waals surface area contributed by atoms with Gasteiger partial charge in [0.2, 0.25) is 11.8 Å². The van der Waals surface area contributed by atoms with Gasteiger partial charge in [-0.25, -0.2) is 4.79 Å². The largest absolute Gasteiger partial charge is 0.456 e. The van der Waals surface area contributed by atoms with Gasteiger partial charge < -0.3 is 59.4 Å². The Kier molecular flexibility index (Phi) is 13.4. The lowest BCUT2D eigenvalue weighted by molar-refractivity contribution is -0.298. The van der Waals surface area contributed by atoms with Crippen LogP contribution >= 0.6 is 0 Å². The summed E-state index contributed by atoms with van der Waals surface area (Å²) in [6.07, 6.45) is -2.97. The number of aliphatic hydroxyl groups excluding tert-OH is 5. The Balaban J connectivity index is 1.05. The molecule has 4 aliphatic rings. The van der Waals surface area contributed by atoms with Crippen LogP contribution in [0.2, 0.25) is 0 Å². The number of benzene rings is 3. The van der Waals surface area contributed by atoms with Crippen molar-refractivity contribution in [3.05, 3.63) is 124 Å². The van der Waals surface area contributed by atoms with Gasteiger partial charge in [-0.3, -0.25) is 9.59 Å². The van der Waals surface area contributed by atoms with Gasteiger partial charge in [-0.1, -0.05) is 78.9 Å². The van der Waals surface area contributed by atoms with Gasteiger partial charge in [-0.05, 0) is 40.5 Å². The van der Waals surface area contributed by atoms with Crippen LogP contribution in [0.4, 0.5) is 0 Å². The monoisotopic (exact) mass is 814 g/mol. The summed E-state index contributed by atoms with van der Waals surface area (Å²) in [4.78, 5) is 42.8. The zero-order chi connectivity index (χ0) is 41.7. The van der Waals surface area contributed by atoms with Crippen LogP contribution in [-0.4, -0.2) is 142 Å². The lowest BCUT2D eigenvalue weighted by Crippen LogP contribution is -2.59. The number of carbonyl (C=O) groups excluding carboxylic acids is 3. The van der Waals surface area contributed by atoms with Crippen LogP contribution in [0.5, 0.6) is 0 Å². The van der Waals surface area contributed by atoms with E-state index in [9.17, 15) is 39.9 Å². The molecular weight excluding hydrogens is 764 g/mol. The van der Waals surface area contributed by atoms with Crippen molar-refractivity contribution in [2.24, 2.45) is 0 Å². The number of hydrogen-bond acceptors (Lipinski definition) is 13. The van der Waals surface area contributed by atoms with Crippen molar-refractivity contribution in [2.45, 2.75) is 86.5 Å². The van der Waals surface area contributed by atoms with Crippen LogP contribution in [0.1, 0.15) is 39.0 Å². The molecule has 3 aromatic carbocycles. The Morgan fingerprint density at radius 2 is 1.61 bits per heavy atom. The summed E-state index contributed by atoms with van der Waals surface area (Å²) in [5.74, 6) is -2.50. The molecule has 9 unspecified atom stereocenters. The molecular formula is C44H50N2O13. The molecule has 0 bridgehead atoms. The first kappa shape index (κ1) is 42.3. The summed E-state index contributed by atoms with van der Waals surface area (Å²) >= 11 is 0. The van der Waals surface area contributed by atoms with Crippen molar-refractivity contribution in [3.8, 4) is 0 Å². The van der Waals surface area contributed by atoms with Gasteiger partial charge in [0.25, 0.3) is 0 Å². The zero-order valence-electron chi connectivity index (χ0n) is 32.5. The molecule has 1 spiro atoms. The van der Waals surface area contributed by atoms with Crippen molar-refractivity contribution in [3.63, 3.8) is 0 Å². The molecule has 2 aliphatic carbocycles. The fraction of sp³-hybridized carbons (Fsp3) is 0.432. The third-order valence-corrected chi connectivity index (χ3v) is 11.2. The summed E-state index contributed by atoms with van der Waals surface area (Å²) in [6, 6.07) is 23.0. The molecule has 0 saturated carbocycles. The van der Waals surface area contributed by atoms with Crippen LogP contribution in [0.25, 0.3) is 6.08 Å². The molecule has 2 fully saturated rings. The van der Waals surface area contributed by atoms with E-state index in [1.807, 2.05) is 54.6 Å². The molecule has 59 heavy (non-hydrogen) atoms. The van der Waals surface area contributed by atoms with E-state index in [0.29, 0.717) is 24.0 Å². The number of fused-ring (bicyclic) bond motifs is 2. The minimum absolute atomic E-state index is 0.00799. The van der Waals surface area contributed by atoms with Gasteiger partial charge in [0.15, 0.2) is 12.1 Å². The summed E-state index contributed by atoms with van der Waals surface area (Å²) < 4.78 is 30.3. The predicted molar refractivity (Wildman–Crippen MR) is 210 cm³/mol. The first-order valence-corrected chi connectivity index (χ1v) is 19.7. The average Bonchev–Trinajstić information content (AvgIpc) is 3.81. The van der Waals surface area contributed by atoms with Gasteiger partial charge in [0.1, 0.15) is 48.8 Å². The van der Waals surface area contributed by atoms with E-state index in [4.69, 9.17) is 23.7 Å². The highest BCUT2D eigenvalue weighted by Gasteiger charge is 2.55. The minimum atomic E-state index is -1.55. The van der Waals surface area contributed by atoms with E-state index in [-0.39, 0.29) is 38.2 Å². The number of aliphatic hydroxyl groups is 5. The molecule has 2 amide bonds. The molecule has 15 heteroatoms. The second-order valence-electron chi connectivity index (χ2n) is 15.2. The zero-order valence-corrected chi connectivity index (χ0v) is 32.5. The number of carbonyl (C=O) groups is 3. The van der Waals surface area contributed by atoms with Crippen molar-refractivity contribution in [1.82, 2.24) is 10.2 Å². The van der Waals surface area contributed by atoms with E-state index < -0.39 is 85.2 Å². The third-order valence-electron chi connectivity index (χ3n) is 11.2. The van der Waals surface area contributed by atoms with Gasteiger partial charge in [0.05, 0.1) is 25.4 Å². The Hall–Kier alpha value is -4.81. The first-order valence-electron chi connectivity index (χ1n) is 19.7. The standard InChI is InChI=1S/C44H50N2O13/c1-46(32(40(52)45-17-18-47)20-27-8-3-2-4-9-27)41(53)31-21-33(39-34(22-31)58-44(59-39)23-29-11-5-6-12-30(29)24-44)56-42(54)28-15-13-26(14-16-28)10-7-19-55-43-38(51)37(50)36(49)35(25-48)57-43/h2-16,22,32-39,43,47-51H,17-21,23-25H2,1H3,(H,45,52). The molecule has 2 heterocycles. The number of nitrogens with zero attached hydrogens (tertiary/aromatic N) is 1. The van der Waals surface area contributed by atoms with Gasteiger partial charge in [-0.15, -0.1) is 0 Å². The number of rotatable bonds is 14. The number of likely N-dealkylation sites (N-methyl/N-ethyl adjacent to an activating group) is 1. The van der Waals surface area contributed by atoms with Gasteiger partial charge >= 0.3 is 5.97 Å². The lowest BCUT2D eigenvalue weighted by atomic mass is 9.90. The molecule has 0 aromatic heterocycles. The topological polar surface area (TPSA) is 214 Å². The summed E-state index contributed by atoms with van der Waals surface area (Å²) in [5, 5.41) is 51.6. The van der Waals surface area contributed by atoms with Crippen LogP contribution in [-0.2, 0) is 52.5 Å². The molecule has 314 valence electrons. The molecule has 0 radical (unpaired) electrons. The van der Waals surface area contributed by atoms with Crippen molar-refractivity contribution < 1.29 is 63.6 Å². The molecule has 9 atom stereocenters. The molecule has 15 nitrogen and oxygen atoms in total. The van der Waals surface area contributed by atoms with Crippen LogP contribution in [0, 0.1) is 0 Å². The second-order valence-corrected chi connectivity index (χ2v) is 15.2. The fourth-order valence-corrected chi connectivity index (χ4v) is 8.04. The highest BCUT2D eigenvalue weighted by molar-refractivity contribution is 5.97. The van der Waals surface area contributed by atoms with Crippen LogP contribution in [0.15, 0.2) is 96.6 Å². The predicted octanol–water partition coefficient (Wildman–Crippen LogP) is 0.829. The minimum Gasteiger partial charge on any atom is -0.456 e. The first-order chi connectivity index (χ1) is 28.5. The Bertz CT molecular complexity index is 1980. The third kappa shape index (κ3) is 9.49. The highest BCUT2D eigenvalue weighted by Crippen LogP contribution is 2.45. The van der Waals surface area contributed by atoms with Gasteiger partial charge in [0, 0.05) is 44.8 Å². The summed E-state index contributed by atoms with van der Waals surface area (Å²) in [5.41, 5.74) is 4.29. The lowest BCUT2D eigenvalue weighted by Gasteiger charge is -2.39. The van der Waals surface area contributed by atoms with E-state index in [0.717, 1.165) is 16.7 Å². The Labute approximate surface area is 341 Å². The van der Waals surface area contributed by atoms with Crippen LogP contribution < -0.4 is 5.32 Å². The molecule has 2 saturated heterocycles. The maximum atomic E-state index is 14.3. The fourth-order valence-electron chi connectivity index (χ4n) is 8.04. The maximum Gasteiger partial charge on any atom is 0.338 e. The van der Waals surface area contributed by atoms with Crippen LogP contribution in [0.3, 0.4) is 0 Å². The second kappa shape index (κ2) is 18.6. The Morgan fingerprint density at radius 1 is 0.915 bits per heavy atom. The smallest absolute Gasteiger partial charge is 0.338 e. The van der Waals surface area contributed by atoms with Gasteiger partial charge in [-0.2, -0.15) is 0 Å². The SMILES string of the molecule is CN(C(=O)C1=CC2OC3(Cc4ccccc4C3)OC2C(OC(=O)c2ccc(C=CCOC3OC(CO)C(O)C(O)C3O)cc2)C1)C(Cc1ccccc1)C(=O)NCCO. The number of hydrogen-bond donors (Lipinski definition) is 6. The van der Waals surface area contributed by atoms with Crippen molar-refractivity contribution in [1.29, 1.82) is 0 Å². The normalized spacial score (nSPS) is 27.5. The number of ether oxygens (including phenoxy) is 5. The van der Waals surface area contributed by atoms with E-state index in [1.54, 1.807) is 49.5 Å². The number of esters is 1. The average molecular weight is 815 g/mol. The molecule has 2 aliphatic heterocycles. The maximum absolute atomic E-state index is 14.3. The highest BCUT2D eigenvalue weighted by atomic mass is 16.8. The van der Waals surface area contributed by atoms with E-state index in [1.165, 1.54) is 4.90 Å². The Morgan fingerprint density at radius 3 is 2.29 bits per heavy atom. The van der Waals surface area contributed by atoms with E-state index in [2.05, 4.69) is 5.32 Å². The summed E-state index contributed by atoms with van der Waals surface area (Å²) in [7, 11) is 1.56. The molecule has 7 rings (SSSR count). The van der Waals surface area contributed by atoms with E-state index >= 15 is 0 Å².